The van der Waals surface area contributed by atoms with E-state index in [1.54, 1.807) is 11.0 Å². The molecule has 1 amide bonds. The van der Waals surface area contributed by atoms with Crippen molar-refractivity contribution in [3.05, 3.63) is 41.5 Å². The zero-order chi connectivity index (χ0) is 18.7. The highest BCUT2D eigenvalue weighted by Crippen LogP contribution is 2.29. The normalized spacial score (nSPS) is 19.3. The third kappa shape index (κ3) is 6.08. The lowest BCUT2D eigenvalue weighted by Crippen LogP contribution is -2.52. The van der Waals surface area contributed by atoms with Gasteiger partial charge in [-0.3, -0.25) is 0 Å². The molecule has 0 aromatic heterocycles. The van der Waals surface area contributed by atoms with Gasteiger partial charge in [-0.05, 0) is 38.5 Å². The van der Waals surface area contributed by atoms with Gasteiger partial charge in [0.25, 0.3) is 0 Å². The molecule has 4 nitrogen and oxygen atoms in total. The van der Waals surface area contributed by atoms with Gasteiger partial charge in [-0.25, -0.2) is 4.79 Å². The van der Waals surface area contributed by atoms with Gasteiger partial charge in [-0.15, -0.1) is 0 Å². The van der Waals surface area contributed by atoms with E-state index < -0.39 is 17.3 Å². The highest BCUT2D eigenvalue weighted by atomic mass is 19.4. The molecule has 1 aromatic rings. The lowest BCUT2D eigenvalue weighted by atomic mass is 10.1. The first-order valence-electron chi connectivity index (χ1n) is 8.11. The van der Waals surface area contributed by atoms with E-state index in [9.17, 15) is 18.0 Å². The molecule has 1 atom stereocenters. The van der Waals surface area contributed by atoms with E-state index in [0.717, 1.165) is 12.1 Å². The molecule has 0 radical (unpaired) electrons. The molecule has 1 aromatic carbocycles. The Kier molecular flexibility index (Phi) is 5.77. The van der Waals surface area contributed by atoms with Crippen LogP contribution in [0.2, 0.25) is 0 Å². The average Bonchev–Trinajstić information content (AvgIpc) is 2.51. The van der Waals surface area contributed by atoms with Crippen molar-refractivity contribution in [3.63, 3.8) is 0 Å². The Morgan fingerprint density at radius 1 is 1.24 bits per heavy atom. The van der Waals surface area contributed by atoms with Crippen LogP contribution in [-0.2, 0) is 10.9 Å². The molecule has 2 rings (SSSR count). The molecular weight excluding hydrogens is 333 g/mol. The summed E-state index contributed by atoms with van der Waals surface area (Å²) >= 11 is 0. The molecule has 1 saturated heterocycles. The van der Waals surface area contributed by atoms with Gasteiger partial charge in [0.05, 0.1) is 5.56 Å². The van der Waals surface area contributed by atoms with E-state index in [2.05, 4.69) is 5.32 Å². The van der Waals surface area contributed by atoms with E-state index in [4.69, 9.17) is 4.74 Å². The molecule has 1 aliphatic rings. The molecule has 0 bridgehead atoms. The molecule has 1 heterocycles. The van der Waals surface area contributed by atoms with Gasteiger partial charge in [-0.1, -0.05) is 24.3 Å². The molecule has 1 aliphatic heterocycles. The van der Waals surface area contributed by atoms with Crippen LogP contribution in [0.4, 0.5) is 18.0 Å². The smallest absolute Gasteiger partial charge is 0.416 e. The van der Waals surface area contributed by atoms with Gasteiger partial charge in [0.1, 0.15) is 5.60 Å². The first kappa shape index (κ1) is 19.3. The Balaban J connectivity index is 1.95. The quantitative estimate of drug-likeness (QED) is 0.873. The summed E-state index contributed by atoms with van der Waals surface area (Å²) in [7, 11) is 0. The van der Waals surface area contributed by atoms with Crippen LogP contribution in [0.15, 0.2) is 30.3 Å². The van der Waals surface area contributed by atoms with E-state index in [1.807, 2.05) is 26.8 Å². The Morgan fingerprint density at radius 3 is 2.44 bits per heavy atom. The predicted molar refractivity (Wildman–Crippen MR) is 90.1 cm³/mol. The third-order valence-electron chi connectivity index (χ3n) is 3.62. The summed E-state index contributed by atoms with van der Waals surface area (Å²) in [4.78, 5) is 13.7. The van der Waals surface area contributed by atoms with Crippen LogP contribution in [0.25, 0.3) is 6.08 Å². The molecule has 25 heavy (non-hydrogen) atoms. The van der Waals surface area contributed by atoms with Gasteiger partial charge in [0, 0.05) is 25.7 Å². The number of hydrogen-bond donors (Lipinski definition) is 1. The highest BCUT2D eigenvalue weighted by molar-refractivity contribution is 5.68. The minimum atomic E-state index is -4.33. The van der Waals surface area contributed by atoms with Gasteiger partial charge < -0.3 is 15.0 Å². The maximum atomic E-state index is 12.6. The maximum absolute atomic E-state index is 12.6. The molecule has 1 unspecified atom stereocenters. The number of piperazine rings is 1. The zero-order valence-corrected chi connectivity index (χ0v) is 14.6. The summed E-state index contributed by atoms with van der Waals surface area (Å²) in [5, 5.41) is 3.26. The summed E-state index contributed by atoms with van der Waals surface area (Å²) < 4.78 is 43.0. The molecule has 7 heteroatoms. The summed E-state index contributed by atoms with van der Waals surface area (Å²) in [6.07, 6.45) is -1.10. The third-order valence-corrected chi connectivity index (χ3v) is 3.62. The second-order valence-electron chi connectivity index (χ2n) is 6.97. The van der Waals surface area contributed by atoms with Crippen LogP contribution in [0.5, 0.6) is 0 Å². The van der Waals surface area contributed by atoms with Crippen molar-refractivity contribution in [1.29, 1.82) is 0 Å². The second-order valence-corrected chi connectivity index (χ2v) is 6.97. The topological polar surface area (TPSA) is 41.6 Å². The number of benzene rings is 1. The van der Waals surface area contributed by atoms with Crippen LogP contribution >= 0.6 is 0 Å². The molecule has 0 spiro atoms. The number of rotatable bonds is 2. The number of halogens is 3. The lowest BCUT2D eigenvalue weighted by molar-refractivity contribution is -0.137. The number of alkyl halides is 3. The first-order valence-corrected chi connectivity index (χ1v) is 8.11. The van der Waals surface area contributed by atoms with Gasteiger partial charge in [0.15, 0.2) is 0 Å². The van der Waals surface area contributed by atoms with Crippen molar-refractivity contribution in [2.24, 2.45) is 0 Å². The maximum Gasteiger partial charge on any atom is 0.416 e. The van der Waals surface area contributed by atoms with E-state index in [-0.39, 0.29) is 12.1 Å². The lowest BCUT2D eigenvalue weighted by Gasteiger charge is -2.33. The summed E-state index contributed by atoms with van der Waals surface area (Å²) in [6, 6.07) is 4.88. The largest absolute Gasteiger partial charge is 0.444 e. The Hall–Kier alpha value is -2.02. The van der Waals surface area contributed by atoms with Crippen LogP contribution < -0.4 is 5.32 Å². The van der Waals surface area contributed by atoms with Crippen LogP contribution in [0.1, 0.15) is 31.9 Å². The number of hydrogen-bond acceptors (Lipinski definition) is 3. The van der Waals surface area contributed by atoms with Crippen molar-refractivity contribution >= 4 is 12.2 Å². The number of carbonyl (C=O) groups is 1. The molecular formula is C18H23F3N2O2. The fourth-order valence-electron chi connectivity index (χ4n) is 2.41. The zero-order valence-electron chi connectivity index (χ0n) is 14.6. The Bertz CT molecular complexity index is 619. The summed E-state index contributed by atoms with van der Waals surface area (Å²) in [5.41, 5.74) is -0.547. The van der Waals surface area contributed by atoms with E-state index in [1.165, 1.54) is 12.1 Å². The van der Waals surface area contributed by atoms with Crippen molar-refractivity contribution in [2.75, 3.05) is 19.6 Å². The minimum Gasteiger partial charge on any atom is -0.444 e. The van der Waals surface area contributed by atoms with E-state index in [0.29, 0.717) is 25.2 Å². The molecule has 0 aliphatic carbocycles. The monoisotopic (exact) mass is 356 g/mol. The van der Waals surface area contributed by atoms with Crippen LogP contribution in [0, 0.1) is 0 Å². The number of nitrogens with one attached hydrogen (secondary N) is 1. The Morgan fingerprint density at radius 2 is 1.88 bits per heavy atom. The van der Waals surface area contributed by atoms with Crippen molar-refractivity contribution in [1.82, 2.24) is 10.2 Å². The SMILES string of the molecule is CC(C)(C)OC(=O)N1CCNC(/C=C/c2ccc(C(F)(F)F)cc2)C1. The number of amides is 1. The molecule has 0 saturated carbocycles. The fourth-order valence-corrected chi connectivity index (χ4v) is 2.41. The minimum absolute atomic E-state index is 0.0800. The summed E-state index contributed by atoms with van der Waals surface area (Å²) in [5.74, 6) is 0. The van der Waals surface area contributed by atoms with Crippen LogP contribution in [-0.4, -0.2) is 42.3 Å². The molecule has 1 N–H and O–H groups in total. The highest BCUT2D eigenvalue weighted by Gasteiger charge is 2.30. The number of nitrogens with zero attached hydrogens (tertiary/aromatic N) is 1. The first-order chi connectivity index (χ1) is 11.5. The number of ether oxygens (including phenoxy) is 1. The average molecular weight is 356 g/mol. The fraction of sp³-hybridized carbons (Fsp3) is 0.500. The molecule has 138 valence electrons. The van der Waals surface area contributed by atoms with E-state index >= 15 is 0 Å². The Labute approximate surface area is 145 Å². The van der Waals surface area contributed by atoms with Crippen molar-refractivity contribution < 1.29 is 22.7 Å². The predicted octanol–water partition coefficient (Wildman–Crippen LogP) is 3.93. The summed E-state index contributed by atoms with van der Waals surface area (Å²) in [6.45, 7) is 7.08. The molecule has 1 fully saturated rings. The van der Waals surface area contributed by atoms with Crippen molar-refractivity contribution in [3.8, 4) is 0 Å². The van der Waals surface area contributed by atoms with Crippen LogP contribution in [0.3, 0.4) is 0 Å². The standard InChI is InChI=1S/C18H23F3N2O2/c1-17(2,3)25-16(24)23-11-10-22-15(12-23)9-6-13-4-7-14(8-5-13)18(19,20)21/h4-9,15,22H,10-12H2,1-3H3/b9-6+. The van der Waals surface area contributed by atoms with Gasteiger partial charge >= 0.3 is 12.3 Å². The number of carbonyl (C=O) groups excluding carboxylic acids is 1. The second kappa shape index (κ2) is 7.47. The van der Waals surface area contributed by atoms with Gasteiger partial charge in [0.2, 0.25) is 0 Å². The van der Waals surface area contributed by atoms with Crippen molar-refractivity contribution in [2.45, 2.75) is 38.6 Å². The van der Waals surface area contributed by atoms with Gasteiger partial charge in [-0.2, -0.15) is 13.2 Å².